The Morgan fingerprint density at radius 3 is 1.77 bits per heavy atom. The van der Waals surface area contributed by atoms with E-state index in [2.05, 4.69) is 10.6 Å². The van der Waals surface area contributed by atoms with Crippen LogP contribution in [0.4, 0.5) is 10.5 Å². The highest BCUT2D eigenvalue weighted by atomic mass is 16.4. The lowest BCUT2D eigenvalue weighted by Crippen LogP contribution is -2.56. The van der Waals surface area contributed by atoms with Crippen LogP contribution in [0.5, 0.6) is 0 Å². The van der Waals surface area contributed by atoms with Crippen LogP contribution in [0.1, 0.15) is 52.8 Å². The van der Waals surface area contributed by atoms with Gasteiger partial charge in [0, 0.05) is 11.7 Å². The van der Waals surface area contributed by atoms with Gasteiger partial charge in [0.25, 0.3) is 0 Å². The lowest BCUT2D eigenvalue weighted by molar-refractivity contribution is -0.00883. The minimum Gasteiger partial charge on any atom is -0.478 e. The highest BCUT2D eigenvalue weighted by Gasteiger charge is 2.48. The standard InChI is InChI=1S/C19H22N2O5/c22-17(23)13-6-14(18(24)25)8-15(7-13)20-19(26)21-16-11-2-9-1-10(4-11)5-12(16)3-9/h6-12,16H,1-5H2,(H,22,23)(H,24,25)(H2,20,21,26). The van der Waals surface area contributed by atoms with E-state index >= 15 is 0 Å². The van der Waals surface area contributed by atoms with Crippen LogP contribution in [0.15, 0.2) is 18.2 Å². The Balaban J connectivity index is 1.47. The summed E-state index contributed by atoms with van der Waals surface area (Å²) in [7, 11) is 0. The van der Waals surface area contributed by atoms with Crippen molar-refractivity contribution in [3.8, 4) is 0 Å². The zero-order valence-corrected chi connectivity index (χ0v) is 14.3. The fourth-order valence-corrected chi connectivity index (χ4v) is 5.43. The number of carbonyl (C=O) groups is 3. The van der Waals surface area contributed by atoms with Crippen molar-refractivity contribution in [1.82, 2.24) is 5.32 Å². The van der Waals surface area contributed by atoms with Crippen LogP contribution in [-0.2, 0) is 0 Å². The molecule has 0 atom stereocenters. The molecule has 0 heterocycles. The molecule has 7 nitrogen and oxygen atoms in total. The fourth-order valence-electron chi connectivity index (χ4n) is 5.43. The summed E-state index contributed by atoms with van der Waals surface area (Å²) >= 11 is 0. The normalized spacial score (nSPS) is 31.5. The lowest BCUT2D eigenvalue weighted by atomic mass is 9.54. The van der Waals surface area contributed by atoms with Gasteiger partial charge in [-0.05, 0) is 74.0 Å². The zero-order valence-electron chi connectivity index (χ0n) is 14.3. The number of hydrogen-bond donors (Lipinski definition) is 4. The Labute approximate surface area is 150 Å². The number of amides is 2. The van der Waals surface area contributed by atoms with Crippen LogP contribution in [0.3, 0.4) is 0 Å². The third-order valence-corrected chi connectivity index (χ3v) is 6.21. The van der Waals surface area contributed by atoms with Crippen molar-refractivity contribution in [2.45, 2.75) is 38.1 Å². The monoisotopic (exact) mass is 358 g/mol. The summed E-state index contributed by atoms with van der Waals surface area (Å²) in [5, 5.41) is 23.9. The van der Waals surface area contributed by atoms with Gasteiger partial charge in [0.1, 0.15) is 0 Å². The molecule has 4 aliphatic rings. The number of aromatic carboxylic acids is 2. The molecule has 0 aliphatic heterocycles. The molecule has 138 valence electrons. The number of rotatable bonds is 4. The second kappa shape index (κ2) is 6.30. The van der Waals surface area contributed by atoms with Crippen LogP contribution in [0.25, 0.3) is 0 Å². The van der Waals surface area contributed by atoms with Gasteiger partial charge in [-0.25, -0.2) is 14.4 Å². The molecule has 0 aromatic heterocycles. The van der Waals surface area contributed by atoms with Crippen LogP contribution >= 0.6 is 0 Å². The molecule has 0 spiro atoms. The van der Waals surface area contributed by atoms with Gasteiger partial charge in [-0.3, -0.25) is 0 Å². The molecule has 1 aromatic rings. The molecule has 7 heteroatoms. The summed E-state index contributed by atoms with van der Waals surface area (Å²) in [4.78, 5) is 34.8. The molecule has 4 saturated carbocycles. The van der Waals surface area contributed by atoms with Crippen molar-refractivity contribution >= 4 is 23.7 Å². The molecular weight excluding hydrogens is 336 g/mol. The minimum atomic E-state index is -1.24. The second-order valence-electron chi connectivity index (χ2n) is 7.96. The molecule has 0 unspecified atom stereocenters. The smallest absolute Gasteiger partial charge is 0.335 e. The van der Waals surface area contributed by atoms with Crippen molar-refractivity contribution in [1.29, 1.82) is 0 Å². The molecule has 1 aromatic carbocycles. The molecule has 4 aliphatic carbocycles. The van der Waals surface area contributed by atoms with Crippen molar-refractivity contribution in [3.63, 3.8) is 0 Å². The maximum atomic E-state index is 12.4. The number of carboxylic acids is 2. The van der Waals surface area contributed by atoms with Crippen molar-refractivity contribution in [2.75, 3.05) is 5.32 Å². The molecule has 0 saturated heterocycles. The predicted molar refractivity (Wildman–Crippen MR) is 93.3 cm³/mol. The number of hydrogen-bond acceptors (Lipinski definition) is 3. The Bertz CT molecular complexity index is 715. The summed E-state index contributed by atoms with van der Waals surface area (Å²) in [5.74, 6) is 0.192. The third-order valence-electron chi connectivity index (χ3n) is 6.21. The first-order chi connectivity index (χ1) is 12.4. The number of carboxylic acid groups (broad SMARTS) is 2. The molecule has 0 radical (unpaired) electrons. The first-order valence-electron chi connectivity index (χ1n) is 9.08. The van der Waals surface area contributed by atoms with Gasteiger partial charge in [0.05, 0.1) is 11.1 Å². The number of urea groups is 1. The number of carbonyl (C=O) groups excluding carboxylic acids is 1. The van der Waals surface area contributed by atoms with Gasteiger partial charge in [-0.1, -0.05) is 0 Å². The molecule has 4 N–H and O–H groups in total. The van der Waals surface area contributed by atoms with Crippen molar-refractivity contribution in [3.05, 3.63) is 29.3 Å². The van der Waals surface area contributed by atoms with Gasteiger partial charge in [0.2, 0.25) is 0 Å². The van der Waals surface area contributed by atoms with Crippen molar-refractivity contribution < 1.29 is 24.6 Å². The highest BCUT2D eigenvalue weighted by Crippen LogP contribution is 2.53. The minimum absolute atomic E-state index is 0.157. The zero-order chi connectivity index (χ0) is 18.4. The molecule has 2 amide bonds. The summed E-state index contributed by atoms with van der Waals surface area (Å²) in [6, 6.07) is 3.37. The summed E-state index contributed by atoms with van der Waals surface area (Å²) in [6.07, 6.45) is 6.04. The quantitative estimate of drug-likeness (QED) is 0.660. The van der Waals surface area contributed by atoms with Crippen LogP contribution in [0.2, 0.25) is 0 Å². The topological polar surface area (TPSA) is 116 Å². The summed E-state index contributed by atoms with van der Waals surface area (Å²) < 4.78 is 0. The van der Waals surface area contributed by atoms with Gasteiger partial charge in [0.15, 0.2) is 0 Å². The Morgan fingerprint density at radius 2 is 1.31 bits per heavy atom. The second-order valence-corrected chi connectivity index (χ2v) is 7.96. The Morgan fingerprint density at radius 1 is 0.808 bits per heavy atom. The highest BCUT2D eigenvalue weighted by molar-refractivity contribution is 5.98. The SMILES string of the molecule is O=C(Nc1cc(C(=O)O)cc(C(=O)O)c1)NC1C2CC3CC(C2)CC1C3. The largest absolute Gasteiger partial charge is 0.478 e. The molecular formula is C19H22N2O5. The third kappa shape index (κ3) is 3.13. The Hall–Kier alpha value is -2.57. The van der Waals surface area contributed by atoms with E-state index in [-0.39, 0.29) is 22.9 Å². The average molecular weight is 358 g/mol. The average Bonchev–Trinajstić information content (AvgIpc) is 2.57. The van der Waals surface area contributed by atoms with E-state index in [0.29, 0.717) is 11.8 Å². The first kappa shape index (κ1) is 16.9. The summed E-state index contributed by atoms with van der Waals surface area (Å²) in [6.45, 7) is 0. The van der Waals surface area contributed by atoms with E-state index in [1.54, 1.807) is 0 Å². The van der Waals surface area contributed by atoms with E-state index < -0.39 is 18.0 Å². The maximum Gasteiger partial charge on any atom is 0.335 e. The number of nitrogens with one attached hydrogen (secondary N) is 2. The van der Waals surface area contributed by atoms with Gasteiger partial charge < -0.3 is 20.8 Å². The van der Waals surface area contributed by atoms with E-state index in [0.717, 1.165) is 17.9 Å². The maximum absolute atomic E-state index is 12.4. The van der Waals surface area contributed by atoms with E-state index in [1.165, 1.54) is 44.2 Å². The molecule has 5 rings (SSSR count). The van der Waals surface area contributed by atoms with Crippen LogP contribution in [-0.4, -0.2) is 34.2 Å². The molecule has 26 heavy (non-hydrogen) atoms. The molecule has 4 fully saturated rings. The molecule has 4 bridgehead atoms. The van der Waals surface area contributed by atoms with Gasteiger partial charge in [-0.2, -0.15) is 0 Å². The van der Waals surface area contributed by atoms with Crippen molar-refractivity contribution in [2.24, 2.45) is 23.7 Å². The van der Waals surface area contributed by atoms with Crippen LogP contribution < -0.4 is 10.6 Å². The first-order valence-corrected chi connectivity index (χ1v) is 9.08. The van der Waals surface area contributed by atoms with Gasteiger partial charge in [-0.15, -0.1) is 0 Å². The van der Waals surface area contributed by atoms with Crippen LogP contribution in [0, 0.1) is 23.7 Å². The fraction of sp³-hybridized carbons (Fsp3) is 0.526. The number of anilines is 1. The van der Waals surface area contributed by atoms with E-state index in [4.69, 9.17) is 10.2 Å². The lowest BCUT2D eigenvalue weighted by Gasteiger charge is -2.54. The summed E-state index contributed by atoms with van der Waals surface area (Å²) in [5.41, 5.74) is -0.173. The Kier molecular flexibility index (Phi) is 4.09. The predicted octanol–water partition coefficient (Wildman–Crippen LogP) is 3.03. The number of benzene rings is 1. The van der Waals surface area contributed by atoms with Gasteiger partial charge >= 0.3 is 18.0 Å². The van der Waals surface area contributed by atoms with E-state index in [9.17, 15) is 14.4 Å². The van der Waals surface area contributed by atoms with E-state index in [1.807, 2.05) is 0 Å².